The molecule has 6 heteroatoms. The molecule has 0 radical (unpaired) electrons. The third-order valence-corrected chi connectivity index (χ3v) is 1.80. The highest BCUT2D eigenvalue weighted by Gasteiger charge is 2.31. The van der Waals surface area contributed by atoms with Gasteiger partial charge in [0.15, 0.2) is 0 Å². The summed E-state index contributed by atoms with van der Waals surface area (Å²) in [5.41, 5.74) is -1.86. The van der Waals surface area contributed by atoms with Gasteiger partial charge in [0.2, 0.25) is 5.88 Å². The summed E-state index contributed by atoms with van der Waals surface area (Å²) in [7, 11) is -2.94. The van der Waals surface area contributed by atoms with Crippen LogP contribution in [0.4, 0.5) is 13.2 Å². The highest BCUT2D eigenvalue weighted by atomic mass is 79.9. The number of rotatable bonds is 2. The molecular formula is C8H7BrF3NO. The number of aromatic nitrogens is 1. The van der Waals surface area contributed by atoms with Gasteiger partial charge in [-0.25, -0.2) is 4.98 Å². The van der Waals surface area contributed by atoms with Gasteiger partial charge in [-0.2, -0.15) is 13.2 Å². The van der Waals surface area contributed by atoms with Crippen LogP contribution in [0, 0.1) is 0 Å². The van der Waals surface area contributed by atoms with Crippen molar-refractivity contribution in [2.75, 3.05) is 7.04 Å². The number of ether oxygens (including phenoxy) is 1. The lowest BCUT2D eigenvalue weighted by molar-refractivity contribution is -0.137. The number of alkyl halides is 4. The first-order valence-corrected chi connectivity index (χ1v) is 4.06. The summed E-state index contributed by atoms with van der Waals surface area (Å²) in [6.45, 7) is 0. The van der Waals surface area contributed by atoms with Crippen LogP contribution in [0.15, 0.2) is 12.3 Å². The molecule has 0 saturated carbocycles. The predicted octanol–water partition coefficient (Wildman–Crippen LogP) is 3.00. The van der Waals surface area contributed by atoms with Crippen LogP contribution in [0.1, 0.15) is 18.0 Å². The monoisotopic (exact) mass is 274 g/mol. The van der Waals surface area contributed by atoms with E-state index in [-0.39, 0.29) is 0 Å². The Bertz CT molecular complexity index is 471. The van der Waals surface area contributed by atoms with E-state index >= 15 is 0 Å². The molecule has 0 atom stereocenters. The first kappa shape index (κ1) is 5.95. The molecule has 1 aromatic rings. The molecular weight excluding hydrogens is 263 g/mol. The Morgan fingerprint density at radius 1 is 1.71 bits per heavy atom. The summed E-state index contributed by atoms with van der Waals surface area (Å²) in [6, 6.07) is 0.447. The highest BCUT2D eigenvalue weighted by molar-refractivity contribution is 9.08. The fourth-order valence-corrected chi connectivity index (χ4v) is 1.04. The molecule has 0 aliphatic heterocycles. The zero-order chi connectivity index (χ0) is 15.1. The highest BCUT2D eigenvalue weighted by Crippen LogP contribution is 2.31. The number of hydrogen-bond donors (Lipinski definition) is 0. The van der Waals surface area contributed by atoms with E-state index in [1.807, 2.05) is 0 Å². The summed E-state index contributed by atoms with van der Waals surface area (Å²) in [6.07, 6.45) is -4.35. The van der Waals surface area contributed by atoms with Crippen molar-refractivity contribution in [2.45, 2.75) is 11.5 Å². The van der Waals surface area contributed by atoms with Crippen molar-refractivity contribution in [1.82, 2.24) is 4.98 Å². The average molecular weight is 275 g/mol. The molecule has 2 nitrogen and oxygen atoms in total. The molecule has 0 N–H and O–H groups in total. The molecule has 1 aromatic heterocycles. The maximum absolute atomic E-state index is 12.5. The fourth-order valence-electron chi connectivity index (χ4n) is 0.756. The van der Waals surface area contributed by atoms with Crippen LogP contribution in [-0.4, -0.2) is 12.0 Å². The second-order valence-corrected chi connectivity index (χ2v) is 2.67. The van der Waals surface area contributed by atoms with E-state index in [1.165, 1.54) is 0 Å². The maximum Gasteiger partial charge on any atom is 0.417 e. The summed E-state index contributed by atoms with van der Waals surface area (Å²) < 4.78 is 77.1. The van der Waals surface area contributed by atoms with Gasteiger partial charge in [0.05, 0.1) is 16.7 Å². The number of methoxy groups -OCH3 is 1. The van der Waals surface area contributed by atoms with E-state index in [2.05, 4.69) is 25.7 Å². The predicted molar refractivity (Wildman–Crippen MR) is 48.4 cm³/mol. The van der Waals surface area contributed by atoms with Gasteiger partial charge in [-0.15, -0.1) is 0 Å². The minimum absolute atomic E-state index is 0.378. The lowest BCUT2D eigenvalue weighted by Crippen LogP contribution is -2.07. The van der Waals surface area contributed by atoms with Crippen molar-refractivity contribution in [2.24, 2.45) is 0 Å². The molecule has 0 aliphatic rings. The molecule has 0 aromatic carbocycles. The van der Waals surface area contributed by atoms with Crippen LogP contribution in [-0.2, 0) is 11.5 Å². The van der Waals surface area contributed by atoms with Crippen molar-refractivity contribution in [3.05, 3.63) is 23.4 Å². The normalized spacial score (nSPS) is 18.7. The van der Waals surface area contributed by atoms with Gasteiger partial charge in [0.1, 0.15) is 0 Å². The molecule has 78 valence electrons. The first-order valence-electron chi connectivity index (χ1n) is 5.76. The largest absolute Gasteiger partial charge is 0.481 e. The lowest BCUT2D eigenvalue weighted by Gasteiger charge is -2.09. The summed E-state index contributed by atoms with van der Waals surface area (Å²) in [4.78, 5) is 3.22. The molecule has 0 unspecified atom stereocenters. The van der Waals surface area contributed by atoms with Gasteiger partial charge in [-0.3, -0.25) is 0 Å². The molecule has 14 heavy (non-hydrogen) atoms. The van der Waals surface area contributed by atoms with Crippen molar-refractivity contribution in [3.8, 4) is 5.88 Å². The molecule has 0 spiro atoms. The second kappa shape index (κ2) is 4.16. The van der Waals surface area contributed by atoms with Crippen molar-refractivity contribution in [3.63, 3.8) is 0 Å². The third kappa shape index (κ3) is 2.37. The fraction of sp³-hybridized carbons (Fsp3) is 0.375. The van der Waals surface area contributed by atoms with Crippen molar-refractivity contribution >= 4 is 15.9 Å². The smallest absolute Gasteiger partial charge is 0.417 e. The molecule has 0 bridgehead atoms. The van der Waals surface area contributed by atoms with Crippen LogP contribution in [0.2, 0.25) is 0 Å². The Labute approximate surface area is 94.2 Å². The second-order valence-electron chi connectivity index (χ2n) is 2.27. The van der Waals surface area contributed by atoms with Gasteiger partial charge in [0.25, 0.3) is 0 Å². The minimum Gasteiger partial charge on any atom is -0.481 e. The van der Waals surface area contributed by atoms with Crippen LogP contribution in [0.3, 0.4) is 0 Å². The Balaban J connectivity index is 3.34. The van der Waals surface area contributed by atoms with Gasteiger partial charge in [0, 0.05) is 19.8 Å². The maximum atomic E-state index is 12.5. The quantitative estimate of drug-likeness (QED) is 0.774. The van der Waals surface area contributed by atoms with Crippen molar-refractivity contribution < 1.29 is 24.8 Å². The number of pyridine rings is 1. The molecule has 1 heterocycles. The first-order chi connectivity index (χ1) is 8.31. The average Bonchev–Trinajstić information content (AvgIpc) is 2.11. The molecule has 0 saturated heterocycles. The van der Waals surface area contributed by atoms with Crippen LogP contribution < -0.4 is 4.74 Å². The van der Waals surface area contributed by atoms with Gasteiger partial charge in [-0.1, -0.05) is 15.9 Å². The molecule has 1 rings (SSSR count). The van der Waals surface area contributed by atoms with Crippen LogP contribution >= 0.6 is 15.9 Å². The van der Waals surface area contributed by atoms with Gasteiger partial charge < -0.3 is 4.74 Å². The zero-order valence-corrected chi connectivity index (χ0v) is 8.11. The lowest BCUT2D eigenvalue weighted by atomic mass is 10.2. The molecule has 0 aliphatic carbocycles. The number of halogens is 4. The summed E-state index contributed by atoms with van der Waals surface area (Å²) in [5.74, 6) is -0.727. The van der Waals surface area contributed by atoms with Crippen LogP contribution in [0.5, 0.6) is 5.88 Å². The summed E-state index contributed by atoms with van der Waals surface area (Å²) >= 11 is 2.51. The van der Waals surface area contributed by atoms with Crippen molar-refractivity contribution in [1.29, 1.82) is 0 Å². The van der Waals surface area contributed by atoms with Gasteiger partial charge in [-0.05, 0) is 6.07 Å². The van der Waals surface area contributed by atoms with Crippen LogP contribution in [0.25, 0.3) is 0 Å². The Kier molecular flexibility index (Phi) is 1.77. The minimum atomic E-state index is -4.72. The van der Waals surface area contributed by atoms with E-state index in [1.54, 1.807) is 0 Å². The molecule has 0 fully saturated rings. The van der Waals surface area contributed by atoms with E-state index < -0.39 is 35.5 Å². The molecule has 0 amide bonds. The standard InChI is InChI=1S/C8H7BrF3NO/c1-14-7-5(3-9)2-6(4-13-7)8(10,11)12/h2,4H,3H2,1H3/i1D3,3D2. The van der Waals surface area contributed by atoms with E-state index in [0.29, 0.717) is 12.3 Å². The SMILES string of the molecule is [2H]C([2H])([2H])Oc1ncc(C(F)(F)F)cc1C([2H])([2H])Br. The van der Waals surface area contributed by atoms with E-state index in [4.69, 9.17) is 6.85 Å². The Morgan fingerprint density at radius 3 is 2.93 bits per heavy atom. The van der Waals surface area contributed by atoms with E-state index in [9.17, 15) is 13.2 Å². The zero-order valence-electron chi connectivity index (χ0n) is 11.5. The van der Waals surface area contributed by atoms with Gasteiger partial charge >= 0.3 is 6.18 Å². The topological polar surface area (TPSA) is 22.1 Å². The van der Waals surface area contributed by atoms with E-state index in [0.717, 1.165) is 0 Å². The number of nitrogens with zero attached hydrogens (tertiary/aromatic N) is 1. The Hall–Kier alpha value is -0.780. The summed E-state index contributed by atoms with van der Waals surface area (Å²) in [5, 5.41) is -2.41. The number of hydrogen-bond acceptors (Lipinski definition) is 2. The Morgan fingerprint density at radius 2 is 2.43 bits per heavy atom. The third-order valence-electron chi connectivity index (χ3n) is 1.38.